The summed E-state index contributed by atoms with van der Waals surface area (Å²) in [4.78, 5) is 33.5. The van der Waals surface area contributed by atoms with Crippen LogP contribution in [-0.2, 0) is 4.74 Å². The lowest BCUT2D eigenvalue weighted by atomic mass is 10.2. The van der Waals surface area contributed by atoms with E-state index in [4.69, 9.17) is 4.74 Å². The van der Waals surface area contributed by atoms with Crippen molar-refractivity contribution in [2.45, 2.75) is 26.4 Å². The van der Waals surface area contributed by atoms with Crippen molar-refractivity contribution >= 4 is 23.6 Å². The molecule has 0 bridgehead atoms. The second-order valence-electron chi connectivity index (χ2n) is 6.02. The molecule has 0 aliphatic carbocycles. The number of non-ortho nitro benzene ring substituents is 1. The lowest BCUT2D eigenvalue weighted by Crippen LogP contribution is -2.28. The molecule has 2 N–H and O–H groups in total. The summed E-state index contributed by atoms with van der Waals surface area (Å²) in [5.41, 5.74) is -0.810. The van der Waals surface area contributed by atoms with Gasteiger partial charge in [-0.3, -0.25) is 15.4 Å². The molecular formula is C15H16N4O6. The maximum atomic E-state index is 12.0. The highest BCUT2D eigenvalue weighted by molar-refractivity contribution is 5.97. The highest BCUT2D eigenvalue weighted by Crippen LogP contribution is 2.23. The number of aromatic carboxylic acids is 1. The van der Waals surface area contributed by atoms with Crippen molar-refractivity contribution in [1.29, 1.82) is 0 Å². The molecule has 132 valence electrons. The van der Waals surface area contributed by atoms with Gasteiger partial charge in [0.15, 0.2) is 5.82 Å². The van der Waals surface area contributed by atoms with Gasteiger partial charge in [-0.25, -0.2) is 14.3 Å². The summed E-state index contributed by atoms with van der Waals surface area (Å²) >= 11 is 0. The average molecular weight is 348 g/mol. The number of carbonyl (C=O) groups is 2. The van der Waals surface area contributed by atoms with Gasteiger partial charge in [0, 0.05) is 12.1 Å². The first-order valence-electron chi connectivity index (χ1n) is 7.14. The molecule has 0 saturated carbocycles. The van der Waals surface area contributed by atoms with Crippen LogP contribution in [0, 0.1) is 10.1 Å². The molecule has 2 rings (SSSR count). The van der Waals surface area contributed by atoms with Gasteiger partial charge in [0.1, 0.15) is 11.2 Å². The van der Waals surface area contributed by atoms with Crippen molar-refractivity contribution in [3.63, 3.8) is 0 Å². The number of hydrogen-bond donors (Lipinski definition) is 2. The van der Waals surface area contributed by atoms with Crippen LogP contribution in [-0.4, -0.2) is 37.5 Å². The zero-order valence-corrected chi connectivity index (χ0v) is 13.7. The van der Waals surface area contributed by atoms with E-state index >= 15 is 0 Å². The number of carbonyl (C=O) groups excluding carboxylic acids is 1. The van der Waals surface area contributed by atoms with Crippen molar-refractivity contribution < 1.29 is 24.4 Å². The lowest BCUT2D eigenvalue weighted by Gasteiger charge is -2.20. The molecule has 1 aromatic heterocycles. The minimum atomic E-state index is -1.29. The van der Waals surface area contributed by atoms with Crippen LogP contribution in [0.25, 0.3) is 5.69 Å². The number of ether oxygens (including phenoxy) is 1. The molecule has 0 atom stereocenters. The minimum absolute atomic E-state index is 0.115. The molecule has 10 nitrogen and oxygen atoms in total. The fourth-order valence-electron chi connectivity index (χ4n) is 1.94. The molecule has 1 amide bonds. The lowest BCUT2D eigenvalue weighted by molar-refractivity contribution is -0.384. The summed E-state index contributed by atoms with van der Waals surface area (Å²) in [5, 5.41) is 26.3. The average Bonchev–Trinajstić information content (AvgIpc) is 2.89. The number of benzene rings is 1. The molecule has 0 aliphatic rings. The molecule has 0 spiro atoms. The number of carboxylic acid groups (broad SMARTS) is 1. The van der Waals surface area contributed by atoms with E-state index in [1.54, 1.807) is 20.8 Å². The van der Waals surface area contributed by atoms with E-state index in [1.165, 1.54) is 24.3 Å². The highest BCUT2D eigenvalue weighted by Gasteiger charge is 2.23. The summed E-state index contributed by atoms with van der Waals surface area (Å²) in [7, 11) is 0. The van der Waals surface area contributed by atoms with E-state index in [1.807, 2.05) is 0 Å². The van der Waals surface area contributed by atoms with Gasteiger partial charge < -0.3 is 9.84 Å². The number of nitrogens with one attached hydrogen (secondary N) is 1. The van der Waals surface area contributed by atoms with Crippen molar-refractivity contribution in [3.05, 3.63) is 46.1 Å². The standard InChI is InChI=1S/C15H16N4O6/c1-15(2,3)25-14(22)17-12-11(13(20)21)8-16-18(12)9-4-6-10(7-5-9)19(23)24/h4-8H,1-3H3,(H,17,22)(H,20,21). The second kappa shape index (κ2) is 6.59. The Morgan fingerprint density at radius 1 is 1.28 bits per heavy atom. The van der Waals surface area contributed by atoms with Gasteiger partial charge in [-0.05, 0) is 32.9 Å². The summed E-state index contributed by atoms with van der Waals surface area (Å²) in [6.45, 7) is 4.99. The fraction of sp³-hybridized carbons (Fsp3) is 0.267. The van der Waals surface area contributed by atoms with Gasteiger partial charge >= 0.3 is 12.1 Å². The van der Waals surface area contributed by atoms with E-state index in [0.717, 1.165) is 10.9 Å². The predicted molar refractivity (Wildman–Crippen MR) is 87.0 cm³/mol. The largest absolute Gasteiger partial charge is 0.477 e. The normalized spacial score (nSPS) is 11.0. The van der Waals surface area contributed by atoms with Gasteiger partial charge in [0.2, 0.25) is 0 Å². The van der Waals surface area contributed by atoms with E-state index in [2.05, 4.69) is 10.4 Å². The number of rotatable bonds is 4. The molecule has 0 unspecified atom stereocenters. The third-order valence-electron chi connectivity index (χ3n) is 2.92. The molecule has 0 radical (unpaired) electrons. The molecule has 0 aliphatic heterocycles. The highest BCUT2D eigenvalue weighted by atomic mass is 16.6. The summed E-state index contributed by atoms with van der Waals surface area (Å²) in [6, 6.07) is 5.26. The molecule has 1 aromatic carbocycles. The van der Waals surface area contributed by atoms with Gasteiger partial charge in [-0.1, -0.05) is 0 Å². The first kappa shape index (κ1) is 17.9. The van der Waals surface area contributed by atoms with Crippen LogP contribution in [0.3, 0.4) is 0 Å². The van der Waals surface area contributed by atoms with Crippen molar-refractivity contribution in [2.75, 3.05) is 5.32 Å². The topological polar surface area (TPSA) is 137 Å². The van der Waals surface area contributed by atoms with Crippen LogP contribution in [0.5, 0.6) is 0 Å². The van der Waals surface area contributed by atoms with Gasteiger partial charge in [-0.15, -0.1) is 0 Å². The fourth-order valence-corrected chi connectivity index (χ4v) is 1.94. The van der Waals surface area contributed by atoms with Gasteiger partial charge in [0.05, 0.1) is 16.8 Å². The maximum absolute atomic E-state index is 12.0. The first-order chi connectivity index (χ1) is 11.6. The van der Waals surface area contributed by atoms with E-state index in [9.17, 15) is 24.8 Å². The monoisotopic (exact) mass is 348 g/mol. The zero-order valence-electron chi connectivity index (χ0n) is 13.7. The Hall–Kier alpha value is -3.43. The van der Waals surface area contributed by atoms with Crippen LogP contribution >= 0.6 is 0 Å². The van der Waals surface area contributed by atoms with Crippen molar-refractivity contribution in [3.8, 4) is 5.69 Å². The smallest absolute Gasteiger partial charge is 0.413 e. The Balaban J connectivity index is 2.40. The number of nitrogens with zero attached hydrogens (tertiary/aromatic N) is 3. The number of anilines is 1. The Bertz CT molecular complexity index is 820. The summed E-state index contributed by atoms with van der Waals surface area (Å²) in [5.74, 6) is -1.41. The number of nitro benzene ring substituents is 1. The number of amides is 1. The molecule has 1 heterocycles. The van der Waals surface area contributed by atoms with Crippen molar-refractivity contribution in [1.82, 2.24) is 9.78 Å². The molecule has 0 fully saturated rings. The van der Waals surface area contributed by atoms with E-state index < -0.39 is 22.6 Å². The Kier molecular flexibility index (Phi) is 4.72. The number of aromatic nitrogens is 2. The van der Waals surface area contributed by atoms with Crippen LogP contribution in [0.15, 0.2) is 30.5 Å². The third-order valence-corrected chi connectivity index (χ3v) is 2.92. The summed E-state index contributed by atoms with van der Waals surface area (Å²) < 4.78 is 6.26. The van der Waals surface area contributed by atoms with Crippen LogP contribution in [0.4, 0.5) is 16.3 Å². The van der Waals surface area contributed by atoms with Crippen molar-refractivity contribution in [2.24, 2.45) is 0 Å². The van der Waals surface area contributed by atoms with E-state index in [0.29, 0.717) is 5.69 Å². The Labute approximate surface area is 142 Å². The second-order valence-corrected chi connectivity index (χ2v) is 6.02. The maximum Gasteiger partial charge on any atom is 0.413 e. The van der Waals surface area contributed by atoms with Crippen LogP contribution < -0.4 is 5.32 Å². The number of carboxylic acids is 1. The summed E-state index contributed by atoms with van der Waals surface area (Å²) in [6.07, 6.45) is 0.217. The minimum Gasteiger partial charge on any atom is -0.477 e. The Morgan fingerprint density at radius 2 is 1.88 bits per heavy atom. The molecule has 2 aromatic rings. The van der Waals surface area contributed by atoms with Crippen LogP contribution in [0.2, 0.25) is 0 Å². The number of nitro groups is 1. The number of hydrogen-bond acceptors (Lipinski definition) is 6. The molecule has 10 heteroatoms. The van der Waals surface area contributed by atoms with Crippen LogP contribution in [0.1, 0.15) is 31.1 Å². The van der Waals surface area contributed by atoms with E-state index in [-0.39, 0.29) is 17.1 Å². The van der Waals surface area contributed by atoms with Gasteiger partial charge in [-0.2, -0.15) is 5.10 Å². The first-order valence-corrected chi connectivity index (χ1v) is 7.14. The molecule has 0 saturated heterocycles. The molecular weight excluding hydrogens is 332 g/mol. The third kappa shape index (κ3) is 4.31. The zero-order chi connectivity index (χ0) is 18.8. The Morgan fingerprint density at radius 3 is 2.36 bits per heavy atom. The SMILES string of the molecule is CC(C)(C)OC(=O)Nc1c(C(=O)O)cnn1-c1ccc([N+](=O)[O-])cc1. The van der Waals surface area contributed by atoms with Gasteiger partial charge in [0.25, 0.3) is 5.69 Å². The predicted octanol–water partition coefficient (Wildman–Crippen LogP) is 2.83. The quantitative estimate of drug-likeness (QED) is 0.640. The molecule has 25 heavy (non-hydrogen) atoms.